The molecule has 1 aliphatic rings. The lowest BCUT2D eigenvalue weighted by atomic mass is 9.86. The average molecular weight is 363 g/mol. The molecular weight excluding hydrogens is 338 g/mol. The summed E-state index contributed by atoms with van der Waals surface area (Å²) in [4.78, 5) is 0. The van der Waals surface area contributed by atoms with E-state index in [4.69, 9.17) is 0 Å². The highest BCUT2D eigenvalue weighted by Crippen LogP contribution is 2.26. The zero-order chi connectivity index (χ0) is 17.7. The smallest absolute Gasteiger partial charge is 0.211 e. The van der Waals surface area contributed by atoms with Crippen LogP contribution in [0, 0.1) is 5.92 Å². The van der Waals surface area contributed by atoms with Crippen molar-refractivity contribution in [2.75, 3.05) is 17.6 Å². The summed E-state index contributed by atoms with van der Waals surface area (Å²) in [5, 5.41) is 11.9. The SMILES string of the molecule is CCS(=O)(=O)NCC1CCC(Nc2ccc(-n3cccc3)nn2)CC1. The van der Waals surface area contributed by atoms with Gasteiger partial charge in [0.05, 0.1) is 5.75 Å². The van der Waals surface area contributed by atoms with Crippen LogP contribution in [0.3, 0.4) is 0 Å². The maximum atomic E-state index is 11.5. The van der Waals surface area contributed by atoms with Gasteiger partial charge in [-0.2, -0.15) is 0 Å². The van der Waals surface area contributed by atoms with E-state index in [9.17, 15) is 8.42 Å². The predicted octanol–water partition coefficient (Wildman–Crippen LogP) is 2.18. The van der Waals surface area contributed by atoms with Crippen molar-refractivity contribution in [3.05, 3.63) is 36.7 Å². The second kappa shape index (κ2) is 7.97. The van der Waals surface area contributed by atoms with Crippen LogP contribution in [0.1, 0.15) is 32.6 Å². The van der Waals surface area contributed by atoms with Crippen LogP contribution in [0.2, 0.25) is 0 Å². The van der Waals surface area contributed by atoms with Crippen molar-refractivity contribution in [3.63, 3.8) is 0 Å². The molecule has 1 aliphatic carbocycles. The van der Waals surface area contributed by atoms with E-state index >= 15 is 0 Å². The van der Waals surface area contributed by atoms with E-state index in [2.05, 4.69) is 20.2 Å². The lowest BCUT2D eigenvalue weighted by Gasteiger charge is -2.29. The topological polar surface area (TPSA) is 88.9 Å². The molecule has 7 nitrogen and oxygen atoms in total. The molecule has 0 saturated heterocycles. The Morgan fingerprint density at radius 1 is 1.12 bits per heavy atom. The molecule has 3 rings (SSSR count). The number of aromatic nitrogens is 3. The Bertz CT molecular complexity index is 751. The summed E-state index contributed by atoms with van der Waals surface area (Å²) >= 11 is 0. The first-order valence-corrected chi connectivity index (χ1v) is 10.4. The summed E-state index contributed by atoms with van der Waals surface area (Å²) in [6.45, 7) is 2.21. The van der Waals surface area contributed by atoms with Crippen LogP contribution in [-0.2, 0) is 10.0 Å². The van der Waals surface area contributed by atoms with Gasteiger partial charge in [0.1, 0.15) is 5.82 Å². The Kier molecular flexibility index (Phi) is 5.70. The third-order valence-electron chi connectivity index (χ3n) is 4.69. The van der Waals surface area contributed by atoms with Crippen molar-refractivity contribution in [2.45, 2.75) is 38.6 Å². The molecular formula is C17H25N5O2S. The fraction of sp³-hybridized carbons (Fsp3) is 0.529. The quantitative estimate of drug-likeness (QED) is 0.787. The van der Waals surface area contributed by atoms with Gasteiger partial charge >= 0.3 is 0 Å². The van der Waals surface area contributed by atoms with Crippen LogP contribution >= 0.6 is 0 Å². The largest absolute Gasteiger partial charge is 0.366 e. The second-order valence-electron chi connectivity index (χ2n) is 6.48. The average Bonchev–Trinajstić information content (AvgIpc) is 3.17. The zero-order valence-corrected chi connectivity index (χ0v) is 15.2. The van der Waals surface area contributed by atoms with Gasteiger partial charge in [-0.15, -0.1) is 10.2 Å². The molecule has 0 amide bonds. The highest BCUT2D eigenvalue weighted by Gasteiger charge is 2.22. The Labute approximate surface area is 148 Å². The Hall–Kier alpha value is -1.93. The Morgan fingerprint density at radius 3 is 2.44 bits per heavy atom. The van der Waals surface area contributed by atoms with Gasteiger partial charge in [-0.05, 0) is 62.8 Å². The van der Waals surface area contributed by atoms with Gasteiger partial charge in [0.25, 0.3) is 0 Å². The Morgan fingerprint density at radius 2 is 1.84 bits per heavy atom. The molecule has 0 bridgehead atoms. The molecule has 0 aromatic carbocycles. The molecule has 2 N–H and O–H groups in total. The number of nitrogens with one attached hydrogen (secondary N) is 2. The van der Waals surface area contributed by atoms with Gasteiger partial charge < -0.3 is 9.88 Å². The summed E-state index contributed by atoms with van der Waals surface area (Å²) in [6.07, 6.45) is 7.92. The van der Waals surface area contributed by atoms with Crippen molar-refractivity contribution in [2.24, 2.45) is 5.92 Å². The number of hydrogen-bond donors (Lipinski definition) is 2. The van der Waals surface area contributed by atoms with Crippen molar-refractivity contribution in [3.8, 4) is 5.82 Å². The highest BCUT2D eigenvalue weighted by molar-refractivity contribution is 7.89. The third-order valence-corrected chi connectivity index (χ3v) is 6.06. The fourth-order valence-corrected chi connectivity index (χ4v) is 3.79. The van der Waals surface area contributed by atoms with Crippen LogP contribution < -0.4 is 10.0 Å². The predicted molar refractivity (Wildman–Crippen MR) is 98.2 cm³/mol. The number of sulfonamides is 1. The fourth-order valence-electron chi connectivity index (χ4n) is 3.09. The number of rotatable bonds is 7. The molecule has 25 heavy (non-hydrogen) atoms. The summed E-state index contributed by atoms with van der Waals surface area (Å²) in [5.41, 5.74) is 0. The van der Waals surface area contributed by atoms with Gasteiger partial charge in [-0.25, -0.2) is 13.1 Å². The van der Waals surface area contributed by atoms with Gasteiger partial charge in [0, 0.05) is 25.0 Å². The first-order chi connectivity index (χ1) is 12.1. The van der Waals surface area contributed by atoms with E-state index in [1.807, 2.05) is 41.2 Å². The summed E-state index contributed by atoms with van der Waals surface area (Å²) in [7, 11) is -3.09. The molecule has 1 fully saturated rings. The number of nitrogens with zero attached hydrogens (tertiary/aromatic N) is 3. The molecule has 0 radical (unpaired) electrons. The number of hydrogen-bond acceptors (Lipinski definition) is 5. The van der Waals surface area contributed by atoms with E-state index in [-0.39, 0.29) is 5.75 Å². The molecule has 0 spiro atoms. The normalized spacial score (nSPS) is 21.2. The van der Waals surface area contributed by atoms with Crippen LogP contribution in [0.5, 0.6) is 0 Å². The standard InChI is InChI=1S/C17H25N5O2S/c1-2-25(23,24)18-13-14-5-7-15(8-6-14)19-16-9-10-17(21-20-16)22-11-3-4-12-22/h3-4,9-12,14-15,18H,2,5-8,13H2,1H3,(H,19,20). The first-order valence-electron chi connectivity index (χ1n) is 8.76. The molecule has 8 heteroatoms. The molecule has 0 atom stereocenters. The van der Waals surface area contributed by atoms with Crippen LogP contribution in [0.25, 0.3) is 5.82 Å². The molecule has 0 aliphatic heterocycles. The first kappa shape index (κ1) is 17.9. The van der Waals surface area contributed by atoms with Gasteiger partial charge in [0.2, 0.25) is 10.0 Å². The van der Waals surface area contributed by atoms with Gasteiger partial charge in [-0.3, -0.25) is 0 Å². The summed E-state index contributed by atoms with van der Waals surface area (Å²) in [6, 6.07) is 8.16. The monoisotopic (exact) mass is 363 g/mol. The molecule has 2 heterocycles. The van der Waals surface area contributed by atoms with Crippen LogP contribution in [-0.4, -0.2) is 41.5 Å². The number of anilines is 1. The zero-order valence-electron chi connectivity index (χ0n) is 14.4. The summed E-state index contributed by atoms with van der Waals surface area (Å²) in [5.74, 6) is 2.14. The lowest BCUT2D eigenvalue weighted by molar-refractivity contribution is 0.337. The van der Waals surface area contributed by atoms with Gasteiger partial charge in [-0.1, -0.05) is 0 Å². The molecule has 1 saturated carbocycles. The van der Waals surface area contributed by atoms with Crippen molar-refractivity contribution in [1.29, 1.82) is 0 Å². The van der Waals surface area contributed by atoms with E-state index in [0.717, 1.165) is 37.3 Å². The minimum absolute atomic E-state index is 0.140. The molecule has 2 aromatic rings. The molecule has 136 valence electrons. The minimum Gasteiger partial charge on any atom is -0.366 e. The maximum absolute atomic E-state index is 11.5. The minimum atomic E-state index is -3.09. The second-order valence-corrected chi connectivity index (χ2v) is 8.58. The van der Waals surface area contributed by atoms with Crippen molar-refractivity contribution in [1.82, 2.24) is 19.5 Å². The molecule has 0 unspecified atom stereocenters. The van der Waals surface area contributed by atoms with Gasteiger partial charge in [0.15, 0.2) is 5.82 Å². The lowest BCUT2D eigenvalue weighted by Crippen LogP contribution is -2.34. The van der Waals surface area contributed by atoms with Crippen molar-refractivity contribution >= 4 is 15.8 Å². The molecule has 2 aromatic heterocycles. The van der Waals surface area contributed by atoms with Crippen LogP contribution in [0.15, 0.2) is 36.7 Å². The van der Waals surface area contributed by atoms with E-state index in [1.165, 1.54) is 0 Å². The maximum Gasteiger partial charge on any atom is 0.211 e. The van der Waals surface area contributed by atoms with E-state index in [1.54, 1.807) is 6.92 Å². The Balaban J connectivity index is 1.46. The third kappa shape index (κ3) is 5.02. The van der Waals surface area contributed by atoms with Crippen molar-refractivity contribution < 1.29 is 8.42 Å². The highest BCUT2D eigenvalue weighted by atomic mass is 32.2. The summed E-state index contributed by atoms with van der Waals surface area (Å²) < 4.78 is 27.6. The van der Waals surface area contributed by atoms with E-state index < -0.39 is 10.0 Å². The van der Waals surface area contributed by atoms with Crippen LogP contribution in [0.4, 0.5) is 5.82 Å². The van der Waals surface area contributed by atoms with E-state index in [0.29, 0.717) is 18.5 Å².